The fourth-order valence-corrected chi connectivity index (χ4v) is 4.83. The molecule has 1 aromatic rings. The number of benzene rings is 1. The second kappa shape index (κ2) is 10.2. The predicted octanol–water partition coefficient (Wildman–Crippen LogP) is 2.07. The first-order valence-electron chi connectivity index (χ1n) is 9.89. The first-order chi connectivity index (χ1) is 14.0. The molecule has 1 aliphatic rings. The van der Waals surface area contributed by atoms with Gasteiger partial charge in [-0.2, -0.15) is 4.31 Å². The van der Waals surface area contributed by atoms with E-state index in [1.165, 1.54) is 33.5 Å². The van der Waals surface area contributed by atoms with E-state index >= 15 is 0 Å². The minimum absolute atomic E-state index is 0.0926. The fourth-order valence-electron chi connectivity index (χ4n) is 3.24. The van der Waals surface area contributed by atoms with Crippen molar-refractivity contribution in [1.29, 1.82) is 0 Å². The van der Waals surface area contributed by atoms with Crippen LogP contribution in [0.15, 0.2) is 41.3 Å². The lowest BCUT2D eigenvalue weighted by Gasteiger charge is -2.34. The molecule has 0 aromatic heterocycles. The fraction of sp³-hybridized carbons (Fsp3) is 0.524. The summed E-state index contributed by atoms with van der Waals surface area (Å²) in [4.78, 5) is 26.0. The first-order valence-corrected chi connectivity index (χ1v) is 11.3. The molecule has 166 valence electrons. The lowest BCUT2D eigenvalue weighted by molar-refractivity contribution is -0.133. The van der Waals surface area contributed by atoms with Gasteiger partial charge in [-0.1, -0.05) is 12.2 Å². The number of carbonyl (C=O) groups is 2. The van der Waals surface area contributed by atoms with Crippen LogP contribution in [0.5, 0.6) is 0 Å². The van der Waals surface area contributed by atoms with Gasteiger partial charge in [0.25, 0.3) is 5.91 Å². The molecule has 2 unspecified atom stereocenters. The number of hydrogen-bond donors (Lipinski definition) is 0. The topological polar surface area (TPSA) is 93.2 Å². The van der Waals surface area contributed by atoms with Crippen LogP contribution < -0.4 is 0 Å². The van der Waals surface area contributed by atoms with Gasteiger partial charge in [-0.25, -0.2) is 13.2 Å². The zero-order valence-electron chi connectivity index (χ0n) is 18.0. The highest BCUT2D eigenvalue weighted by atomic mass is 32.2. The Labute approximate surface area is 178 Å². The maximum absolute atomic E-state index is 12.9. The van der Waals surface area contributed by atoms with E-state index in [0.717, 1.165) is 5.57 Å². The molecule has 1 amide bonds. The van der Waals surface area contributed by atoms with Crippen molar-refractivity contribution >= 4 is 21.9 Å². The standard InChI is InChI=1S/C21H30N2O6S/c1-6-22(11-15(2)3)20(24)14-28-21(25)18-7-9-19(10-8-18)30(26,27)23-12-16(4)29-17(5)13-23/h7-10,16-17H,2,6,11-14H2,1,3-5H3. The van der Waals surface area contributed by atoms with E-state index in [0.29, 0.717) is 13.1 Å². The molecule has 2 rings (SSSR count). The van der Waals surface area contributed by atoms with Crippen molar-refractivity contribution in [3.63, 3.8) is 0 Å². The second-order valence-electron chi connectivity index (χ2n) is 7.54. The molecular formula is C21H30N2O6S. The van der Waals surface area contributed by atoms with Gasteiger partial charge in [0.2, 0.25) is 10.0 Å². The summed E-state index contributed by atoms with van der Waals surface area (Å²) in [5.41, 5.74) is 1.01. The highest BCUT2D eigenvalue weighted by Gasteiger charge is 2.32. The summed E-state index contributed by atoms with van der Waals surface area (Å²) in [6.45, 7) is 12.1. The number of ether oxygens (including phenoxy) is 2. The number of likely N-dealkylation sites (N-methyl/N-ethyl adjacent to an activating group) is 1. The number of nitrogens with zero attached hydrogens (tertiary/aromatic N) is 2. The average molecular weight is 439 g/mol. The summed E-state index contributed by atoms with van der Waals surface area (Å²) in [5.74, 6) is -1.00. The van der Waals surface area contributed by atoms with Gasteiger partial charge < -0.3 is 14.4 Å². The molecule has 8 nitrogen and oxygen atoms in total. The van der Waals surface area contributed by atoms with Gasteiger partial charge in [-0.15, -0.1) is 0 Å². The highest BCUT2D eigenvalue weighted by Crippen LogP contribution is 2.21. The zero-order chi connectivity index (χ0) is 22.5. The summed E-state index contributed by atoms with van der Waals surface area (Å²) < 4.78 is 37.8. The SMILES string of the molecule is C=C(C)CN(CC)C(=O)COC(=O)c1ccc(S(=O)(=O)N2CC(C)OC(C)C2)cc1. The maximum Gasteiger partial charge on any atom is 0.338 e. The second-order valence-corrected chi connectivity index (χ2v) is 9.48. The van der Waals surface area contributed by atoms with E-state index in [1.807, 2.05) is 27.7 Å². The maximum atomic E-state index is 12.9. The van der Waals surface area contributed by atoms with Gasteiger partial charge in [0, 0.05) is 26.2 Å². The Bertz CT molecular complexity index is 871. The zero-order valence-corrected chi connectivity index (χ0v) is 18.8. The van der Waals surface area contributed by atoms with Crippen molar-refractivity contribution in [3.8, 4) is 0 Å². The summed E-state index contributed by atoms with van der Waals surface area (Å²) in [6.07, 6.45) is -0.384. The number of hydrogen-bond acceptors (Lipinski definition) is 6. The lowest BCUT2D eigenvalue weighted by atomic mass is 10.2. The van der Waals surface area contributed by atoms with Crippen LogP contribution in [0.2, 0.25) is 0 Å². The van der Waals surface area contributed by atoms with Crippen molar-refractivity contribution in [3.05, 3.63) is 42.0 Å². The Kier molecular flexibility index (Phi) is 8.17. The van der Waals surface area contributed by atoms with Crippen molar-refractivity contribution in [2.75, 3.05) is 32.8 Å². The lowest BCUT2D eigenvalue weighted by Crippen LogP contribution is -2.48. The molecule has 0 spiro atoms. The summed E-state index contributed by atoms with van der Waals surface area (Å²) in [5, 5.41) is 0. The third-order valence-corrected chi connectivity index (χ3v) is 6.48. The van der Waals surface area contributed by atoms with Crippen LogP contribution in [0.3, 0.4) is 0 Å². The minimum Gasteiger partial charge on any atom is -0.452 e. The number of morpholine rings is 1. The highest BCUT2D eigenvalue weighted by molar-refractivity contribution is 7.89. The summed E-state index contributed by atoms with van der Waals surface area (Å²) >= 11 is 0. The molecule has 0 aliphatic carbocycles. The Morgan fingerprint density at radius 3 is 2.27 bits per heavy atom. The molecule has 30 heavy (non-hydrogen) atoms. The molecular weight excluding hydrogens is 408 g/mol. The molecule has 2 atom stereocenters. The molecule has 1 fully saturated rings. The van der Waals surface area contributed by atoms with Crippen molar-refractivity contribution in [1.82, 2.24) is 9.21 Å². The molecule has 9 heteroatoms. The van der Waals surface area contributed by atoms with Gasteiger partial charge in [-0.3, -0.25) is 4.79 Å². The Morgan fingerprint density at radius 1 is 1.20 bits per heavy atom. The largest absolute Gasteiger partial charge is 0.452 e. The monoisotopic (exact) mass is 438 g/mol. The van der Waals surface area contributed by atoms with Crippen LogP contribution in [0, 0.1) is 0 Å². The number of esters is 1. The number of carbonyl (C=O) groups excluding carboxylic acids is 2. The quantitative estimate of drug-likeness (QED) is 0.456. The van der Waals surface area contributed by atoms with E-state index in [2.05, 4.69) is 6.58 Å². The van der Waals surface area contributed by atoms with E-state index in [4.69, 9.17) is 9.47 Å². The van der Waals surface area contributed by atoms with E-state index in [9.17, 15) is 18.0 Å². The smallest absolute Gasteiger partial charge is 0.338 e. The summed E-state index contributed by atoms with van der Waals surface area (Å²) in [7, 11) is -3.69. The van der Waals surface area contributed by atoms with E-state index in [-0.39, 0.29) is 48.3 Å². The van der Waals surface area contributed by atoms with Crippen LogP contribution >= 0.6 is 0 Å². The van der Waals surface area contributed by atoms with Crippen molar-refractivity contribution in [2.24, 2.45) is 0 Å². The Morgan fingerprint density at radius 2 is 1.77 bits per heavy atom. The number of rotatable bonds is 8. The van der Waals surface area contributed by atoms with E-state index in [1.54, 1.807) is 0 Å². The molecule has 0 N–H and O–H groups in total. The molecule has 1 aliphatic heterocycles. The third-order valence-electron chi connectivity index (χ3n) is 4.64. The van der Waals surface area contributed by atoms with Crippen LogP contribution in [0.1, 0.15) is 38.1 Å². The molecule has 0 bridgehead atoms. The molecule has 1 saturated heterocycles. The molecule has 0 radical (unpaired) electrons. The van der Waals surface area contributed by atoms with Gasteiger partial charge in [0.15, 0.2) is 6.61 Å². The summed E-state index contributed by atoms with van der Waals surface area (Å²) in [6, 6.07) is 5.52. The number of amides is 1. The molecule has 1 aromatic carbocycles. The Balaban J connectivity index is 2.02. The van der Waals surface area contributed by atoms with Crippen LogP contribution in [0.25, 0.3) is 0 Å². The van der Waals surface area contributed by atoms with Crippen LogP contribution in [0.4, 0.5) is 0 Å². The molecule has 0 saturated carbocycles. The average Bonchev–Trinajstić information content (AvgIpc) is 2.69. The van der Waals surface area contributed by atoms with Crippen molar-refractivity contribution in [2.45, 2.75) is 44.8 Å². The van der Waals surface area contributed by atoms with Crippen molar-refractivity contribution < 1.29 is 27.5 Å². The Hall–Kier alpha value is -2.23. The predicted molar refractivity (Wildman–Crippen MR) is 113 cm³/mol. The molecule has 1 heterocycles. The van der Waals surface area contributed by atoms with Gasteiger partial charge >= 0.3 is 5.97 Å². The third kappa shape index (κ3) is 6.13. The van der Waals surface area contributed by atoms with Crippen LogP contribution in [-0.4, -0.2) is 74.5 Å². The normalized spacial score (nSPS) is 19.9. The van der Waals surface area contributed by atoms with Gasteiger partial charge in [-0.05, 0) is 52.0 Å². The number of sulfonamides is 1. The van der Waals surface area contributed by atoms with E-state index < -0.39 is 16.0 Å². The van der Waals surface area contributed by atoms with Gasteiger partial charge in [0.05, 0.1) is 22.7 Å². The van der Waals surface area contributed by atoms with Gasteiger partial charge in [0.1, 0.15) is 0 Å². The minimum atomic E-state index is -3.69. The first kappa shape index (κ1) is 24.0. The van der Waals surface area contributed by atoms with Crippen LogP contribution in [-0.2, 0) is 24.3 Å².